The molecule has 0 saturated heterocycles. The summed E-state index contributed by atoms with van der Waals surface area (Å²) >= 11 is 4.76. The quantitative estimate of drug-likeness (QED) is 0.373. The minimum atomic E-state index is -4.72. The molecular formula is C15H10F5N3S. The summed E-state index contributed by atoms with van der Waals surface area (Å²) in [6.07, 6.45) is -4.72. The Bertz CT molecular complexity index is 759. The van der Waals surface area contributed by atoms with Crippen LogP contribution < -0.4 is 10.7 Å². The molecule has 9 heteroatoms. The fourth-order valence-corrected chi connectivity index (χ4v) is 1.89. The van der Waals surface area contributed by atoms with Crippen molar-refractivity contribution < 1.29 is 22.0 Å². The molecule has 126 valence electrons. The number of hydrogen-bond donors (Lipinski definition) is 2. The van der Waals surface area contributed by atoms with Gasteiger partial charge in [0, 0.05) is 11.6 Å². The minimum absolute atomic E-state index is 0.159. The normalized spacial score (nSPS) is 12.0. The van der Waals surface area contributed by atoms with Crippen molar-refractivity contribution in [2.24, 2.45) is 5.10 Å². The van der Waals surface area contributed by atoms with Crippen LogP contribution in [0, 0.1) is 11.6 Å². The fourth-order valence-electron chi connectivity index (χ4n) is 1.74. The first-order valence-corrected chi connectivity index (χ1v) is 6.90. The van der Waals surface area contributed by atoms with Crippen molar-refractivity contribution >= 4 is 28.7 Å². The van der Waals surface area contributed by atoms with Crippen LogP contribution in [0.1, 0.15) is 5.56 Å². The van der Waals surface area contributed by atoms with E-state index >= 15 is 0 Å². The Morgan fingerprint density at radius 1 is 1.00 bits per heavy atom. The highest BCUT2D eigenvalue weighted by Gasteiger charge is 2.37. The van der Waals surface area contributed by atoms with Crippen molar-refractivity contribution in [1.82, 2.24) is 5.43 Å². The molecule has 3 nitrogen and oxygen atoms in total. The second kappa shape index (κ2) is 7.35. The number of anilines is 1. The number of hydrazone groups is 1. The van der Waals surface area contributed by atoms with E-state index in [0.29, 0.717) is 6.07 Å². The van der Waals surface area contributed by atoms with E-state index in [1.54, 1.807) is 6.07 Å². The number of nitrogens with zero attached hydrogens (tertiary/aromatic N) is 1. The molecule has 0 aromatic heterocycles. The third-order valence-corrected chi connectivity index (χ3v) is 2.96. The second-order valence-corrected chi connectivity index (χ2v) is 4.92. The molecule has 0 amide bonds. The van der Waals surface area contributed by atoms with E-state index in [1.807, 2.05) is 5.43 Å². The number of thiocarbonyl (C=S) groups is 1. The zero-order chi connectivity index (χ0) is 17.7. The molecule has 0 spiro atoms. The predicted molar refractivity (Wildman–Crippen MR) is 84.7 cm³/mol. The summed E-state index contributed by atoms with van der Waals surface area (Å²) in [4.78, 5) is 0. The van der Waals surface area contributed by atoms with Crippen molar-refractivity contribution in [3.8, 4) is 0 Å². The van der Waals surface area contributed by atoms with Gasteiger partial charge in [-0.25, -0.2) is 8.78 Å². The number of nitrogens with one attached hydrogen (secondary N) is 2. The monoisotopic (exact) mass is 359 g/mol. The predicted octanol–water partition coefficient (Wildman–Crippen LogP) is 4.22. The smallest absolute Gasteiger partial charge is 0.329 e. The van der Waals surface area contributed by atoms with Gasteiger partial charge in [0.25, 0.3) is 0 Å². The van der Waals surface area contributed by atoms with Gasteiger partial charge in [-0.2, -0.15) is 18.3 Å². The molecule has 0 heterocycles. The highest BCUT2D eigenvalue weighted by atomic mass is 32.1. The van der Waals surface area contributed by atoms with E-state index < -0.39 is 23.5 Å². The summed E-state index contributed by atoms with van der Waals surface area (Å²) in [6.45, 7) is 0. The number of alkyl halides is 3. The van der Waals surface area contributed by atoms with Crippen molar-refractivity contribution in [3.63, 3.8) is 0 Å². The standard InChI is InChI=1S/C15H10F5N3S/c16-10-6-7-12(11(17)8-10)21-14(24)23-22-13(15(18,19)20)9-4-2-1-3-5-9/h1-8H,(H2,21,23,24)/b22-13-. The third-order valence-electron chi connectivity index (χ3n) is 2.76. The van der Waals surface area contributed by atoms with Gasteiger partial charge in [0.1, 0.15) is 11.6 Å². The van der Waals surface area contributed by atoms with Gasteiger partial charge in [0.2, 0.25) is 0 Å². The molecule has 0 aliphatic heterocycles. The van der Waals surface area contributed by atoms with Crippen LogP contribution in [0.25, 0.3) is 0 Å². The van der Waals surface area contributed by atoms with Gasteiger partial charge in [-0.1, -0.05) is 30.3 Å². The molecule has 0 aliphatic rings. The van der Waals surface area contributed by atoms with Crippen LogP contribution in [0.15, 0.2) is 53.6 Å². The largest absolute Gasteiger partial charge is 0.435 e. The number of hydrogen-bond acceptors (Lipinski definition) is 2. The summed E-state index contributed by atoms with van der Waals surface area (Å²) in [5.41, 5.74) is 0.462. The Morgan fingerprint density at radius 3 is 2.25 bits per heavy atom. The van der Waals surface area contributed by atoms with Crippen LogP contribution in [-0.2, 0) is 0 Å². The van der Waals surface area contributed by atoms with E-state index in [2.05, 4.69) is 10.4 Å². The molecule has 0 aliphatic carbocycles. The maximum atomic E-state index is 13.5. The molecule has 0 bridgehead atoms. The molecule has 0 unspecified atom stereocenters. The fraction of sp³-hybridized carbons (Fsp3) is 0.0667. The first-order chi connectivity index (χ1) is 11.3. The Labute approximate surface area is 139 Å². The highest BCUT2D eigenvalue weighted by molar-refractivity contribution is 7.80. The van der Waals surface area contributed by atoms with Gasteiger partial charge >= 0.3 is 6.18 Å². The van der Waals surface area contributed by atoms with E-state index in [1.165, 1.54) is 24.3 Å². The number of rotatable bonds is 3. The van der Waals surface area contributed by atoms with Crippen LogP contribution in [0.2, 0.25) is 0 Å². The van der Waals surface area contributed by atoms with Crippen molar-refractivity contribution in [2.45, 2.75) is 6.18 Å². The molecule has 2 aromatic carbocycles. The zero-order valence-corrected chi connectivity index (χ0v) is 12.7. The van der Waals surface area contributed by atoms with Crippen LogP contribution in [0.3, 0.4) is 0 Å². The molecule has 2 rings (SSSR count). The average molecular weight is 359 g/mol. The van der Waals surface area contributed by atoms with E-state index in [4.69, 9.17) is 12.2 Å². The van der Waals surface area contributed by atoms with Gasteiger partial charge in [-0.05, 0) is 24.4 Å². The lowest BCUT2D eigenvalue weighted by atomic mass is 10.1. The lowest BCUT2D eigenvalue weighted by Gasteiger charge is -2.12. The van der Waals surface area contributed by atoms with Gasteiger partial charge in [0.05, 0.1) is 5.69 Å². The second-order valence-electron chi connectivity index (χ2n) is 4.51. The molecule has 0 radical (unpaired) electrons. The lowest BCUT2D eigenvalue weighted by molar-refractivity contribution is -0.0583. The Morgan fingerprint density at radius 2 is 1.67 bits per heavy atom. The van der Waals surface area contributed by atoms with Crippen LogP contribution in [0.5, 0.6) is 0 Å². The first kappa shape index (κ1) is 17.8. The molecule has 0 saturated carbocycles. The molecular weight excluding hydrogens is 349 g/mol. The highest BCUT2D eigenvalue weighted by Crippen LogP contribution is 2.22. The lowest BCUT2D eigenvalue weighted by Crippen LogP contribution is -2.31. The summed E-state index contributed by atoms with van der Waals surface area (Å²) in [7, 11) is 0. The van der Waals surface area contributed by atoms with Crippen LogP contribution >= 0.6 is 12.2 Å². The number of benzene rings is 2. The van der Waals surface area contributed by atoms with E-state index in [0.717, 1.165) is 12.1 Å². The summed E-state index contributed by atoms with van der Waals surface area (Å²) < 4.78 is 65.4. The third kappa shape index (κ3) is 4.72. The van der Waals surface area contributed by atoms with Crippen molar-refractivity contribution in [2.75, 3.05) is 5.32 Å². The van der Waals surface area contributed by atoms with E-state index in [-0.39, 0.29) is 16.4 Å². The van der Waals surface area contributed by atoms with Crippen molar-refractivity contribution in [3.05, 3.63) is 65.7 Å². The Balaban J connectivity index is 2.15. The average Bonchev–Trinajstić information content (AvgIpc) is 2.50. The minimum Gasteiger partial charge on any atom is -0.329 e. The first-order valence-electron chi connectivity index (χ1n) is 6.49. The topological polar surface area (TPSA) is 36.4 Å². The summed E-state index contributed by atoms with van der Waals surface area (Å²) in [5.74, 6) is -1.74. The van der Waals surface area contributed by atoms with Gasteiger partial charge < -0.3 is 5.32 Å². The maximum absolute atomic E-state index is 13.5. The van der Waals surface area contributed by atoms with Crippen LogP contribution in [0.4, 0.5) is 27.6 Å². The molecule has 0 atom stereocenters. The molecule has 2 N–H and O–H groups in total. The summed E-state index contributed by atoms with van der Waals surface area (Å²) in [6, 6.07) is 9.55. The molecule has 2 aromatic rings. The van der Waals surface area contributed by atoms with Crippen LogP contribution in [-0.4, -0.2) is 17.0 Å². The van der Waals surface area contributed by atoms with Crippen molar-refractivity contribution in [1.29, 1.82) is 0 Å². The SMILES string of the molecule is Fc1ccc(NC(=S)N/N=C(/c2ccccc2)C(F)(F)F)c(F)c1. The number of halogens is 5. The Hall–Kier alpha value is -2.55. The zero-order valence-electron chi connectivity index (χ0n) is 11.9. The Kier molecular flexibility index (Phi) is 5.45. The van der Waals surface area contributed by atoms with Gasteiger partial charge in [0.15, 0.2) is 10.8 Å². The van der Waals surface area contributed by atoms with Gasteiger partial charge in [-0.3, -0.25) is 5.43 Å². The van der Waals surface area contributed by atoms with E-state index in [9.17, 15) is 22.0 Å². The molecule has 0 fully saturated rings. The summed E-state index contributed by atoms with van der Waals surface area (Å²) in [5, 5.41) is 5.17. The molecule has 24 heavy (non-hydrogen) atoms. The van der Waals surface area contributed by atoms with Gasteiger partial charge in [-0.15, -0.1) is 0 Å². The maximum Gasteiger partial charge on any atom is 0.435 e.